The summed E-state index contributed by atoms with van der Waals surface area (Å²) in [7, 11) is 1.62. The summed E-state index contributed by atoms with van der Waals surface area (Å²) in [5.41, 5.74) is 6.52. The highest BCUT2D eigenvalue weighted by molar-refractivity contribution is 5.89. The van der Waals surface area contributed by atoms with Crippen LogP contribution in [0.2, 0.25) is 0 Å². The second kappa shape index (κ2) is 9.78. The van der Waals surface area contributed by atoms with Gasteiger partial charge in [0.15, 0.2) is 5.65 Å². The van der Waals surface area contributed by atoms with Crippen LogP contribution in [0.15, 0.2) is 90.0 Å². The molecule has 0 atom stereocenters. The molecule has 0 saturated carbocycles. The number of hydrogen-bond donors (Lipinski definition) is 2. The summed E-state index contributed by atoms with van der Waals surface area (Å²) in [6.45, 7) is 0. The lowest BCUT2D eigenvalue weighted by Crippen LogP contribution is -2.20. The molecule has 3 aromatic heterocycles. The highest BCUT2D eigenvalue weighted by atomic mass is 16.5. The number of rotatable bonds is 6. The minimum atomic E-state index is -0.179. The van der Waals surface area contributed by atoms with Crippen LogP contribution in [0.4, 0.5) is 11.5 Å². The number of pyridine rings is 1. The number of H-pyrrole nitrogens is 1. The molecule has 0 bridgehead atoms. The Bertz CT molecular complexity index is 1640. The van der Waals surface area contributed by atoms with Gasteiger partial charge in [0.25, 0.3) is 5.56 Å². The van der Waals surface area contributed by atoms with Crippen molar-refractivity contribution in [2.45, 2.75) is 25.7 Å². The van der Waals surface area contributed by atoms with E-state index in [9.17, 15) is 4.79 Å². The fourth-order valence-electron chi connectivity index (χ4n) is 4.94. The van der Waals surface area contributed by atoms with Crippen LogP contribution in [-0.2, 0) is 0 Å². The van der Waals surface area contributed by atoms with Crippen LogP contribution in [0.25, 0.3) is 33.6 Å². The zero-order chi connectivity index (χ0) is 25.2. The fraction of sp³-hybridized carbons (Fsp3) is 0.167. The molecule has 1 aliphatic carbocycles. The van der Waals surface area contributed by atoms with Crippen LogP contribution in [0, 0.1) is 0 Å². The quantitative estimate of drug-likeness (QED) is 0.286. The van der Waals surface area contributed by atoms with Crippen LogP contribution >= 0.6 is 0 Å². The van der Waals surface area contributed by atoms with Gasteiger partial charge in [0.2, 0.25) is 0 Å². The SMILES string of the molecule is COc1ccc(-c2c(Nc3cccnc3)nc3c(C4=CCCCC4)c(-c4ccccc4)[nH]n3c2=O)cc1. The minimum absolute atomic E-state index is 0.179. The Morgan fingerprint density at radius 2 is 1.78 bits per heavy atom. The summed E-state index contributed by atoms with van der Waals surface area (Å²) in [4.78, 5) is 23.5. The van der Waals surface area contributed by atoms with Gasteiger partial charge in [-0.05, 0) is 61.1 Å². The van der Waals surface area contributed by atoms with E-state index in [0.29, 0.717) is 17.0 Å². The number of benzene rings is 2. The van der Waals surface area contributed by atoms with Crippen LogP contribution < -0.4 is 15.6 Å². The average Bonchev–Trinajstić information content (AvgIpc) is 3.35. The van der Waals surface area contributed by atoms with Gasteiger partial charge in [0.05, 0.1) is 30.3 Å². The van der Waals surface area contributed by atoms with E-state index in [-0.39, 0.29) is 5.56 Å². The number of methoxy groups -OCH3 is 1. The smallest absolute Gasteiger partial charge is 0.282 e. The van der Waals surface area contributed by atoms with Crippen LogP contribution in [0.1, 0.15) is 31.2 Å². The maximum Gasteiger partial charge on any atom is 0.282 e. The summed E-state index contributed by atoms with van der Waals surface area (Å²) in [6.07, 6.45) is 9.99. The number of hydrogen-bond acceptors (Lipinski definition) is 5. The van der Waals surface area contributed by atoms with Gasteiger partial charge in [-0.3, -0.25) is 14.9 Å². The Hall–Kier alpha value is -4.65. The first kappa shape index (κ1) is 22.8. The summed E-state index contributed by atoms with van der Waals surface area (Å²) >= 11 is 0. The van der Waals surface area contributed by atoms with E-state index >= 15 is 0 Å². The van der Waals surface area contributed by atoms with Crippen LogP contribution in [0.3, 0.4) is 0 Å². The van der Waals surface area contributed by atoms with Crippen molar-refractivity contribution in [2.75, 3.05) is 12.4 Å². The number of anilines is 2. The predicted molar refractivity (Wildman–Crippen MR) is 147 cm³/mol. The summed E-state index contributed by atoms with van der Waals surface area (Å²) in [5.74, 6) is 1.21. The molecule has 0 aliphatic heterocycles. The predicted octanol–water partition coefficient (Wildman–Crippen LogP) is 6.46. The summed E-state index contributed by atoms with van der Waals surface area (Å²) in [6, 6.07) is 21.3. The summed E-state index contributed by atoms with van der Waals surface area (Å²) < 4.78 is 6.92. The van der Waals surface area contributed by atoms with E-state index in [1.54, 1.807) is 24.0 Å². The van der Waals surface area contributed by atoms with Crippen molar-refractivity contribution in [1.82, 2.24) is 19.6 Å². The normalized spacial score (nSPS) is 13.4. The van der Waals surface area contributed by atoms with E-state index in [0.717, 1.165) is 53.1 Å². The first-order valence-corrected chi connectivity index (χ1v) is 12.5. The monoisotopic (exact) mass is 489 g/mol. The third-order valence-corrected chi connectivity index (χ3v) is 6.76. The molecule has 2 aromatic carbocycles. The van der Waals surface area contributed by atoms with Crippen molar-refractivity contribution >= 4 is 22.7 Å². The molecule has 184 valence electrons. The van der Waals surface area contributed by atoms with Crippen molar-refractivity contribution in [3.63, 3.8) is 0 Å². The van der Waals surface area contributed by atoms with Gasteiger partial charge in [-0.2, -0.15) is 4.52 Å². The molecule has 37 heavy (non-hydrogen) atoms. The number of nitrogens with one attached hydrogen (secondary N) is 2. The number of nitrogens with zero attached hydrogens (tertiary/aromatic N) is 3. The van der Waals surface area contributed by atoms with Crippen LogP contribution in [-0.4, -0.2) is 26.7 Å². The van der Waals surface area contributed by atoms with Gasteiger partial charge in [-0.15, -0.1) is 0 Å². The van der Waals surface area contributed by atoms with Gasteiger partial charge in [0, 0.05) is 17.3 Å². The highest BCUT2D eigenvalue weighted by Gasteiger charge is 2.24. The Kier molecular flexibility index (Phi) is 6.02. The molecule has 2 N–H and O–H groups in total. The standard InChI is InChI=1S/C30H27N5O2/c1-37-24-16-14-21(15-17-24)26-28(32-23-13-8-18-31-19-23)33-29-25(20-9-4-2-5-10-20)27(34-35(29)30(26)36)22-11-6-3-7-12-22/h3,6-9,11-19,32,34H,2,4-5,10H2,1H3. The molecule has 5 aromatic rings. The first-order valence-electron chi connectivity index (χ1n) is 12.5. The molecule has 3 heterocycles. The number of aromatic nitrogens is 4. The van der Waals surface area contributed by atoms with Gasteiger partial charge in [0.1, 0.15) is 11.6 Å². The van der Waals surface area contributed by atoms with E-state index in [2.05, 4.69) is 33.6 Å². The van der Waals surface area contributed by atoms with E-state index < -0.39 is 0 Å². The van der Waals surface area contributed by atoms with E-state index in [1.165, 1.54) is 12.0 Å². The van der Waals surface area contributed by atoms with Gasteiger partial charge in [-0.1, -0.05) is 48.5 Å². The minimum Gasteiger partial charge on any atom is -0.497 e. The zero-order valence-electron chi connectivity index (χ0n) is 20.6. The van der Waals surface area contributed by atoms with Gasteiger partial charge < -0.3 is 10.1 Å². The second-order valence-corrected chi connectivity index (χ2v) is 9.10. The van der Waals surface area contributed by atoms with E-state index in [4.69, 9.17) is 9.72 Å². The molecule has 7 heteroatoms. The van der Waals surface area contributed by atoms with Crippen molar-refractivity contribution in [3.05, 3.63) is 101 Å². The van der Waals surface area contributed by atoms with Crippen LogP contribution in [0.5, 0.6) is 5.75 Å². The molecule has 0 fully saturated rings. The average molecular weight is 490 g/mol. The lowest BCUT2D eigenvalue weighted by molar-refractivity contribution is 0.415. The summed E-state index contributed by atoms with van der Waals surface area (Å²) in [5, 5.41) is 6.77. The Morgan fingerprint density at radius 1 is 0.946 bits per heavy atom. The number of ether oxygens (including phenoxy) is 1. The molecule has 0 unspecified atom stereocenters. The molecule has 0 saturated heterocycles. The molecule has 0 amide bonds. The Morgan fingerprint density at radius 3 is 2.49 bits per heavy atom. The molecule has 1 aliphatic rings. The van der Waals surface area contributed by atoms with Crippen molar-refractivity contribution in [3.8, 4) is 28.1 Å². The Balaban J connectivity index is 1.65. The van der Waals surface area contributed by atoms with Crippen molar-refractivity contribution in [1.29, 1.82) is 0 Å². The lowest BCUT2D eigenvalue weighted by atomic mass is 9.92. The molecule has 6 rings (SSSR count). The Labute approximate surface area is 214 Å². The third-order valence-electron chi connectivity index (χ3n) is 6.76. The molecular formula is C30H27N5O2. The molecular weight excluding hydrogens is 462 g/mol. The maximum absolute atomic E-state index is 14.2. The second-order valence-electron chi connectivity index (χ2n) is 9.10. The maximum atomic E-state index is 14.2. The van der Waals surface area contributed by atoms with Gasteiger partial charge in [-0.25, -0.2) is 4.98 Å². The van der Waals surface area contributed by atoms with Gasteiger partial charge >= 0.3 is 0 Å². The molecule has 0 spiro atoms. The number of aromatic amines is 1. The van der Waals surface area contributed by atoms with E-state index in [1.807, 2.05) is 54.6 Å². The van der Waals surface area contributed by atoms with Crippen molar-refractivity contribution < 1.29 is 4.74 Å². The molecule has 7 nitrogen and oxygen atoms in total. The molecule has 0 radical (unpaired) electrons. The zero-order valence-corrected chi connectivity index (χ0v) is 20.6. The lowest BCUT2D eigenvalue weighted by Gasteiger charge is -2.15. The van der Waals surface area contributed by atoms with Crippen molar-refractivity contribution in [2.24, 2.45) is 0 Å². The highest BCUT2D eigenvalue weighted by Crippen LogP contribution is 2.37. The topological polar surface area (TPSA) is 84.3 Å². The number of allylic oxidation sites excluding steroid dienone is 2. The third kappa shape index (κ3) is 4.29. The number of fused-ring (bicyclic) bond motifs is 1. The fourth-order valence-corrected chi connectivity index (χ4v) is 4.94. The first-order chi connectivity index (χ1) is 18.2. The largest absolute Gasteiger partial charge is 0.497 e.